The van der Waals surface area contributed by atoms with Gasteiger partial charge in [0.1, 0.15) is 5.82 Å². The molecule has 0 spiro atoms. The van der Waals surface area contributed by atoms with Crippen LogP contribution in [-0.4, -0.2) is 4.98 Å². The van der Waals surface area contributed by atoms with Crippen LogP contribution in [0.5, 0.6) is 0 Å². The first-order valence-corrected chi connectivity index (χ1v) is 6.04. The minimum absolute atomic E-state index is 0.132. The van der Waals surface area contributed by atoms with E-state index >= 15 is 0 Å². The third-order valence-electron chi connectivity index (χ3n) is 2.81. The molecule has 1 aromatic heterocycles. The molecule has 0 saturated carbocycles. The summed E-state index contributed by atoms with van der Waals surface area (Å²) in [6.45, 7) is 6.53. The number of hydrogen-bond acceptors (Lipinski definition) is 3. The number of nitrogen functional groups attached to an aromatic ring is 1. The third kappa shape index (κ3) is 3.00. The van der Waals surface area contributed by atoms with Crippen LogP contribution in [0.25, 0.3) is 0 Å². The maximum Gasteiger partial charge on any atom is 0.130 e. The first-order valence-electron chi connectivity index (χ1n) is 6.04. The van der Waals surface area contributed by atoms with E-state index in [2.05, 4.69) is 37.1 Å². The molecule has 18 heavy (non-hydrogen) atoms. The number of aromatic nitrogens is 1. The summed E-state index contributed by atoms with van der Waals surface area (Å²) < 4.78 is 0. The second-order valence-electron chi connectivity index (χ2n) is 5.43. The highest BCUT2D eigenvalue weighted by atomic mass is 15.0. The number of pyridine rings is 1. The zero-order valence-corrected chi connectivity index (χ0v) is 11.1. The van der Waals surface area contributed by atoms with Crippen LogP contribution in [0.3, 0.4) is 0 Å². The molecule has 94 valence electrons. The molecule has 0 atom stereocenters. The first kappa shape index (κ1) is 12.4. The van der Waals surface area contributed by atoms with Crippen LogP contribution in [0.2, 0.25) is 0 Å². The molecule has 0 amide bonds. The van der Waals surface area contributed by atoms with Crippen LogP contribution in [0.1, 0.15) is 26.3 Å². The van der Waals surface area contributed by atoms with E-state index in [-0.39, 0.29) is 5.41 Å². The van der Waals surface area contributed by atoms with Gasteiger partial charge in [-0.2, -0.15) is 0 Å². The molecule has 0 aliphatic rings. The minimum atomic E-state index is 0.132. The van der Waals surface area contributed by atoms with Crippen molar-refractivity contribution in [3.63, 3.8) is 0 Å². The predicted molar refractivity (Wildman–Crippen MR) is 77.1 cm³/mol. The molecule has 0 unspecified atom stereocenters. The Labute approximate surface area is 108 Å². The van der Waals surface area contributed by atoms with E-state index in [1.54, 1.807) is 0 Å². The van der Waals surface area contributed by atoms with Crippen molar-refractivity contribution >= 4 is 17.2 Å². The fourth-order valence-electron chi connectivity index (χ4n) is 1.63. The maximum absolute atomic E-state index is 5.64. The monoisotopic (exact) mass is 241 g/mol. The van der Waals surface area contributed by atoms with Gasteiger partial charge >= 0.3 is 0 Å². The summed E-state index contributed by atoms with van der Waals surface area (Å²) in [5.74, 6) is 0.841. The molecule has 0 saturated heterocycles. The second kappa shape index (κ2) is 4.69. The van der Waals surface area contributed by atoms with Crippen LogP contribution in [0.4, 0.5) is 17.2 Å². The summed E-state index contributed by atoms with van der Waals surface area (Å²) in [7, 11) is 0. The van der Waals surface area contributed by atoms with Crippen molar-refractivity contribution in [2.24, 2.45) is 0 Å². The zero-order valence-electron chi connectivity index (χ0n) is 11.1. The molecule has 0 aliphatic heterocycles. The highest BCUT2D eigenvalue weighted by Gasteiger charge is 2.13. The van der Waals surface area contributed by atoms with Gasteiger partial charge in [-0.1, -0.05) is 26.8 Å². The average molecular weight is 241 g/mol. The van der Waals surface area contributed by atoms with Crippen LogP contribution >= 0.6 is 0 Å². The lowest BCUT2D eigenvalue weighted by Gasteiger charge is -2.18. The largest absolute Gasteiger partial charge is 0.399 e. The number of nitrogens with zero attached hydrogens (tertiary/aromatic N) is 1. The fourth-order valence-corrected chi connectivity index (χ4v) is 1.63. The number of rotatable bonds is 2. The van der Waals surface area contributed by atoms with Gasteiger partial charge in [0, 0.05) is 17.6 Å². The van der Waals surface area contributed by atoms with Crippen LogP contribution < -0.4 is 11.1 Å². The molecule has 2 rings (SSSR count). The van der Waals surface area contributed by atoms with E-state index in [4.69, 9.17) is 5.73 Å². The van der Waals surface area contributed by atoms with Crippen molar-refractivity contribution in [2.75, 3.05) is 11.1 Å². The molecule has 0 fully saturated rings. The van der Waals surface area contributed by atoms with Crippen molar-refractivity contribution < 1.29 is 0 Å². The Hall–Kier alpha value is -2.03. The van der Waals surface area contributed by atoms with Gasteiger partial charge < -0.3 is 11.1 Å². The van der Waals surface area contributed by atoms with Gasteiger partial charge in [-0.15, -0.1) is 0 Å². The van der Waals surface area contributed by atoms with E-state index < -0.39 is 0 Å². The van der Waals surface area contributed by atoms with Gasteiger partial charge in [0.2, 0.25) is 0 Å². The van der Waals surface area contributed by atoms with Crippen molar-refractivity contribution in [3.8, 4) is 0 Å². The molecule has 1 aromatic carbocycles. The van der Waals surface area contributed by atoms with Crippen molar-refractivity contribution in [3.05, 3.63) is 48.2 Å². The van der Waals surface area contributed by atoms with Crippen LogP contribution in [-0.2, 0) is 5.41 Å². The molecular weight excluding hydrogens is 222 g/mol. The predicted octanol–water partition coefficient (Wildman–Crippen LogP) is 3.70. The molecule has 1 heterocycles. The second-order valence-corrected chi connectivity index (χ2v) is 5.43. The lowest BCUT2D eigenvalue weighted by Crippen LogP contribution is -2.11. The standard InChI is InChI=1S/C15H19N3/c1-15(2,3)11-4-9-14(17-10-11)18-13-7-5-12(16)6-8-13/h4-10H,16H2,1-3H3,(H,17,18). The summed E-state index contributed by atoms with van der Waals surface area (Å²) in [4.78, 5) is 4.42. The summed E-state index contributed by atoms with van der Waals surface area (Å²) >= 11 is 0. The van der Waals surface area contributed by atoms with E-state index in [1.807, 2.05) is 36.5 Å². The minimum Gasteiger partial charge on any atom is -0.399 e. The summed E-state index contributed by atoms with van der Waals surface area (Å²) in [6, 6.07) is 11.7. The van der Waals surface area contributed by atoms with E-state index in [0.29, 0.717) is 0 Å². The summed E-state index contributed by atoms with van der Waals surface area (Å²) in [6.07, 6.45) is 1.92. The van der Waals surface area contributed by atoms with Crippen molar-refractivity contribution in [2.45, 2.75) is 26.2 Å². The normalized spacial score (nSPS) is 11.3. The van der Waals surface area contributed by atoms with Crippen LogP contribution in [0.15, 0.2) is 42.6 Å². The molecule has 3 heteroatoms. The Morgan fingerprint density at radius 1 is 1.00 bits per heavy atom. The fraction of sp³-hybridized carbons (Fsp3) is 0.267. The summed E-state index contributed by atoms with van der Waals surface area (Å²) in [5, 5.41) is 3.24. The van der Waals surface area contributed by atoms with Gasteiger partial charge in [-0.3, -0.25) is 0 Å². The smallest absolute Gasteiger partial charge is 0.130 e. The number of hydrogen-bond donors (Lipinski definition) is 2. The van der Waals surface area contributed by atoms with E-state index in [9.17, 15) is 0 Å². The Morgan fingerprint density at radius 2 is 1.67 bits per heavy atom. The number of benzene rings is 1. The average Bonchev–Trinajstić information content (AvgIpc) is 2.32. The van der Waals surface area contributed by atoms with Gasteiger partial charge in [0.25, 0.3) is 0 Å². The molecule has 0 radical (unpaired) electrons. The quantitative estimate of drug-likeness (QED) is 0.788. The van der Waals surface area contributed by atoms with Gasteiger partial charge in [-0.25, -0.2) is 4.98 Å². The molecule has 3 N–H and O–H groups in total. The molecule has 3 nitrogen and oxygen atoms in total. The van der Waals surface area contributed by atoms with Gasteiger partial charge in [0.05, 0.1) is 0 Å². The Bertz CT molecular complexity index is 507. The number of nitrogens with one attached hydrogen (secondary N) is 1. The van der Waals surface area contributed by atoms with Gasteiger partial charge in [-0.05, 0) is 41.3 Å². The van der Waals surface area contributed by atoms with E-state index in [0.717, 1.165) is 17.2 Å². The van der Waals surface area contributed by atoms with Crippen molar-refractivity contribution in [1.29, 1.82) is 0 Å². The lowest BCUT2D eigenvalue weighted by molar-refractivity contribution is 0.587. The molecule has 0 aliphatic carbocycles. The summed E-state index contributed by atoms with van der Waals surface area (Å²) in [5.41, 5.74) is 8.75. The van der Waals surface area contributed by atoms with Crippen LogP contribution in [0, 0.1) is 0 Å². The molecular formula is C15H19N3. The SMILES string of the molecule is CC(C)(C)c1ccc(Nc2ccc(N)cc2)nc1. The van der Waals surface area contributed by atoms with Crippen molar-refractivity contribution in [1.82, 2.24) is 4.98 Å². The Balaban J connectivity index is 2.13. The third-order valence-corrected chi connectivity index (χ3v) is 2.81. The molecule has 0 bridgehead atoms. The Kier molecular flexibility index (Phi) is 3.24. The zero-order chi connectivity index (χ0) is 13.2. The highest BCUT2D eigenvalue weighted by molar-refractivity contribution is 5.59. The topological polar surface area (TPSA) is 50.9 Å². The Morgan fingerprint density at radius 3 is 2.17 bits per heavy atom. The highest BCUT2D eigenvalue weighted by Crippen LogP contribution is 2.23. The number of nitrogens with two attached hydrogens (primary N) is 1. The van der Waals surface area contributed by atoms with Gasteiger partial charge in [0.15, 0.2) is 0 Å². The maximum atomic E-state index is 5.64. The molecule has 2 aromatic rings. The lowest BCUT2D eigenvalue weighted by atomic mass is 9.88. The van der Waals surface area contributed by atoms with E-state index in [1.165, 1.54) is 5.56 Å². The number of anilines is 3. The first-order chi connectivity index (χ1) is 8.45.